The Labute approximate surface area is 640 Å². The summed E-state index contributed by atoms with van der Waals surface area (Å²) < 4.78 is 94.1. The summed E-state index contributed by atoms with van der Waals surface area (Å²) in [5, 5.41) is 6.05. The van der Waals surface area contributed by atoms with Crippen molar-refractivity contribution in [1.82, 2.24) is 9.13 Å². The van der Waals surface area contributed by atoms with Crippen LogP contribution in [0.5, 0.6) is 0 Å². The van der Waals surface area contributed by atoms with E-state index in [9.17, 15) is 8.22 Å². The highest BCUT2D eigenvalue weighted by Crippen LogP contribution is 2.55. The van der Waals surface area contributed by atoms with E-state index in [0.717, 1.165) is 183 Å². The summed E-state index contributed by atoms with van der Waals surface area (Å²) in [5.41, 5.74) is 25.8. The zero-order chi connectivity index (χ0) is 78.3. The van der Waals surface area contributed by atoms with E-state index in [1.54, 1.807) is 4.57 Å². The average molecular weight is 1400 g/mol. The molecule has 0 saturated heterocycles. The van der Waals surface area contributed by atoms with Crippen LogP contribution in [0.15, 0.2) is 391 Å². The van der Waals surface area contributed by atoms with Crippen molar-refractivity contribution in [3.05, 3.63) is 382 Å². The Kier molecular flexibility index (Phi) is 11.8. The van der Waals surface area contributed by atoms with Gasteiger partial charge in [0.05, 0.1) is 50.1 Å². The monoisotopic (exact) mass is 1390 g/mol. The lowest BCUT2D eigenvalue weighted by atomic mass is 9.33. The number of benzene rings is 17. The molecule has 0 spiro atoms. The number of anilines is 6. The molecule has 2 aliphatic heterocycles. The van der Waals surface area contributed by atoms with E-state index < -0.39 is 55.1 Å². The Hall–Kier alpha value is -14.4. The molecular formula is C102H63BN4O2. The van der Waals surface area contributed by atoms with E-state index >= 15 is 0 Å². The maximum absolute atomic E-state index is 9.94. The fourth-order valence-corrected chi connectivity index (χ4v) is 17.9. The highest BCUT2D eigenvalue weighted by atomic mass is 16.3. The summed E-state index contributed by atoms with van der Waals surface area (Å²) >= 11 is 0. The smallest absolute Gasteiger partial charge is 0.252 e. The standard InChI is InChI=1S/C102H63BN4O2/c1-5-28-64(29-6-1)73-43-25-44-74(65-30-7-2-8-31-65)100(73)106-90-59-68(72-42-27-53-97-98(72)82-41-18-24-52-96(82)108-97)54-56-84(90)103-85-57-55-71(104-86-47-19-13-36-77(86)78-37-14-20-48-87(78)104)63-91(85)107(101-75(66-32-9-3-10-33-66)45-26-46-76(101)67-34-11-4-12-35-67)93-61-70(60-92(106)99(93)103)69-58-83-81-40-17-23-51-95(81)109-102(83)94(62-69)105-88-49-21-15-38-79(88)80-39-16-22-50-89(80)105/h1-63H/i13D,14D,19D,20D,36D,37D,47D,48D. The molecule has 21 aromatic rings. The van der Waals surface area contributed by atoms with Crippen LogP contribution in [0.4, 0.5) is 34.1 Å². The Balaban J connectivity index is 0.926. The van der Waals surface area contributed by atoms with Crippen LogP contribution < -0.4 is 26.2 Å². The summed E-state index contributed by atoms with van der Waals surface area (Å²) in [4.78, 5) is 4.97. The van der Waals surface area contributed by atoms with Crippen molar-refractivity contribution in [2.24, 2.45) is 0 Å². The molecule has 17 aromatic carbocycles. The normalized spacial score (nSPS) is 13.6. The van der Waals surface area contributed by atoms with Crippen molar-refractivity contribution in [1.29, 1.82) is 0 Å². The highest BCUT2D eigenvalue weighted by Gasteiger charge is 2.46. The maximum Gasteiger partial charge on any atom is 0.252 e. The molecule has 0 fully saturated rings. The Bertz CT molecular complexity index is 7590. The van der Waals surface area contributed by atoms with Gasteiger partial charge in [0.2, 0.25) is 0 Å². The number of furan rings is 2. The van der Waals surface area contributed by atoms with E-state index in [-0.39, 0.29) is 21.8 Å². The Morgan fingerprint density at radius 3 is 1.24 bits per heavy atom. The van der Waals surface area contributed by atoms with Gasteiger partial charge in [-0.05, 0) is 146 Å². The SMILES string of the molecule is [2H]c1c([2H])c([2H])c2c(c1[2H])c1c([2H])c([2H])c([2H])c([2H])c1n2-c1ccc2c(c1)N(c1c(-c3ccccc3)cccc1-c1ccccc1)c1cc(-c3cc(-n4c5ccccc5c5ccccc54)c4oc5ccccc5c4c3)cc3c1B2c1ccc(-c2cccc4oc5ccccc5c24)cc1N3c1c(-c2ccccc2)cccc1-c1ccccc1. The number of rotatable bonds is 10. The first-order valence-electron chi connectivity index (χ1n) is 40.8. The summed E-state index contributed by atoms with van der Waals surface area (Å²) in [5.74, 6) is 0. The van der Waals surface area contributed by atoms with Crippen LogP contribution in [-0.2, 0) is 0 Å². The topological polar surface area (TPSA) is 42.6 Å². The predicted octanol–water partition coefficient (Wildman–Crippen LogP) is 25.8. The van der Waals surface area contributed by atoms with Crippen LogP contribution in [0.2, 0.25) is 0 Å². The maximum atomic E-state index is 9.94. The molecule has 4 aromatic heterocycles. The third-order valence-electron chi connectivity index (χ3n) is 22.5. The van der Waals surface area contributed by atoms with E-state index in [4.69, 9.17) is 11.6 Å². The van der Waals surface area contributed by atoms with Crippen LogP contribution in [0, 0.1) is 0 Å². The molecule has 23 rings (SSSR count). The molecule has 0 amide bonds. The minimum atomic E-state index is -0.579. The molecule has 0 unspecified atom stereocenters. The van der Waals surface area contributed by atoms with Gasteiger partial charge in [-0.25, -0.2) is 0 Å². The van der Waals surface area contributed by atoms with Gasteiger partial charge in [0.25, 0.3) is 6.71 Å². The minimum absolute atomic E-state index is 0.0116. The number of para-hydroxylation sites is 8. The van der Waals surface area contributed by atoms with E-state index in [0.29, 0.717) is 11.4 Å². The molecule has 0 aliphatic carbocycles. The van der Waals surface area contributed by atoms with Crippen molar-refractivity contribution < 1.29 is 19.8 Å². The minimum Gasteiger partial charge on any atom is -0.456 e. The first-order valence-corrected chi connectivity index (χ1v) is 36.8. The van der Waals surface area contributed by atoms with Gasteiger partial charge in [-0.2, -0.15) is 0 Å². The van der Waals surface area contributed by atoms with E-state index in [1.165, 1.54) is 0 Å². The third-order valence-corrected chi connectivity index (χ3v) is 22.5. The molecule has 6 heterocycles. The molecule has 0 bridgehead atoms. The molecule has 2 aliphatic rings. The summed E-state index contributed by atoms with van der Waals surface area (Å²) in [6, 6.07) is 114. The fourth-order valence-electron chi connectivity index (χ4n) is 17.9. The lowest BCUT2D eigenvalue weighted by Gasteiger charge is -2.46. The molecule has 0 radical (unpaired) electrons. The average Bonchev–Trinajstić information content (AvgIpc) is 0.691. The number of aromatic nitrogens is 2. The van der Waals surface area contributed by atoms with Gasteiger partial charge in [0.15, 0.2) is 5.58 Å². The largest absolute Gasteiger partial charge is 0.456 e. The van der Waals surface area contributed by atoms with Crippen LogP contribution in [-0.4, -0.2) is 15.8 Å². The molecular weight excluding hydrogens is 1320 g/mol. The van der Waals surface area contributed by atoms with Gasteiger partial charge in [-0.15, -0.1) is 0 Å². The molecule has 0 N–H and O–H groups in total. The molecule has 6 nitrogen and oxygen atoms in total. The zero-order valence-corrected chi connectivity index (χ0v) is 58.4. The van der Waals surface area contributed by atoms with E-state index in [2.05, 4.69) is 299 Å². The van der Waals surface area contributed by atoms with Gasteiger partial charge in [0.1, 0.15) is 16.7 Å². The molecule has 506 valence electrons. The summed E-state index contributed by atoms with van der Waals surface area (Å²) in [6.45, 7) is -0.579. The molecule has 0 atom stereocenters. The van der Waals surface area contributed by atoms with Gasteiger partial charge in [-0.1, -0.05) is 297 Å². The van der Waals surface area contributed by atoms with Crippen molar-refractivity contribution in [3.63, 3.8) is 0 Å². The second-order valence-electron chi connectivity index (χ2n) is 28.3. The second-order valence-corrected chi connectivity index (χ2v) is 28.3. The van der Waals surface area contributed by atoms with Crippen LogP contribution >= 0.6 is 0 Å². The van der Waals surface area contributed by atoms with Crippen molar-refractivity contribution in [3.8, 4) is 78.1 Å². The van der Waals surface area contributed by atoms with Crippen LogP contribution in [0.3, 0.4) is 0 Å². The van der Waals surface area contributed by atoms with Gasteiger partial charge in [-0.3, -0.25) is 0 Å². The Morgan fingerprint density at radius 2 is 0.679 bits per heavy atom. The van der Waals surface area contributed by atoms with Gasteiger partial charge < -0.3 is 27.8 Å². The lowest BCUT2D eigenvalue weighted by molar-refractivity contribution is 0.666. The first kappa shape index (κ1) is 53.4. The number of fused-ring (bicyclic) bond motifs is 16. The van der Waals surface area contributed by atoms with Crippen LogP contribution in [0.1, 0.15) is 11.0 Å². The fraction of sp³-hybridized carbons (Fsp3) is 0. The molecule has 0 saturated carbocycles. The number of hydrogen-bond acceptors (Lipinski definition) is 4. The van der Waals surface area contributed by atoms with Crippen LogP contribution in [0.25, 0.3) is 166 Å². The summed E-state index contributed by atoms with van der Waals surface area (Å²) in [7, 11) is 0. The third kappa shape index (κ3) is 9.24. The lowest BCUT2D eigenvalue weighted by Crippen LogP contribution is -2.61. The Morgan fingerprint density at radius 1 is 0.257 bits per heavy atom. The zero-order valence-electron chi connectivity index (χ0n) is 66.4. The molecule has 109 heavy (non-hydrogen) atoms. The predicted molar refractivity (Wildman–Crippen MR) is 456 cm³/mol. The van der Waals surface area contributed by atoms with Gasteiger partial charge in [0, 0.05) is 93.8 Å². The number of nitrogens with zero attached hydrogens (tertiary/aromatic N) is 4. The highest BCUT2D eigenvalue weighted by molar-refractivity contribution is 7.00. The quantitative estimate of drug-likeness (QED) is 0.128. The first-order chi connectivity index (χ1) is 57.4. The summed E-state index contributed by atoms with van der Waals surface area (Å²) in [6.07, 6.45) is 0. The number of hydrogen-bond donors (Lipinski definition) is 0. The van der Waals surface area contributed by atoms with E-state index in [1.807, 2.05) is 48.5 Å². The van der Waals surface area contributed by atoms with Crippen molar-refractivity contribution in [2.75, 3.05) is 9.80 Å². The second kappa shape index (κ2) is 24.1. The molecule has 7 heteroatoms. The van der Waals surface area contributed by atoms with Gasteiger partial charge >= 0.3 is 0 Å². The van der Waals surface area contributed by atoms with Crippen molar-refractivity contribution >= 4 is 145 Å². The van der Waals surface area contributed by atoms with Crippen molar-refractivity contribution in [2.45, 2.75) is 0 Å².